The Bertz CT molecular complexity index is 1120. The lowest BCUT2D eigenvalue weighted by Crippen LogP contribution is -2.47. The summed E-state index contributed by atoms with van der Waals surface area (Å²) in [5.74, 6) is -1.61. The third-order valence-corrected chi connectivity index (χ3v) is 6.39. The predicted octanol–water partition coefficient (Wildman–Crippen LogP) is 3.11. The third kappa shape index (κ3) is 4.94. The van der Waals surface area contributed by atoms with E-state index in [0.29, 0.717) is 36.2 Å². The Hall–Kier alpha value is -2.77. The molecule has 0 bridgehead atoms. The van der Waals surface area contributed by atoms with Crippen LogP contribution in [0.3, 0.4) is 0 Å². The fraction of sp³-hybridized carbons (Fsp3) is 0.333. The van der Waals surface area contributed by atoms with Crippen molar-refractivity contribution in [1.29, 1.82) is 0 Å². The van der Waals surface area contributed by atoms with Crippen molar-refractivity contribution >= 4 is 15.7 Å². The summed E-state index contributed by atoms with van der Waals surface area (Å²) in [6.45, 7) is 2.12. The predicted molar refractivity (Wildman–Crippen MR) is 100 cm³/mol. The fourth-order valence-corrected chi connectivity index (χ4v) is 4.80. The van der Waals surface area contributed by atoms with E-state index >= 15 is 0 Å². The van der Waals surface area contributed by atoms with Gasteiger partial charge in [-0.1, -0.05) is 12.1 Å². The highest BCUT2D eigenvalue weighted by molar-refractivity contribution is 7.89. The van der Waals surface area contributed by atoms with E-state index in [1.165, 1.54) is 25.1 Å². The molecule has 1 atom stereocenters. The number of alkyl halides is 3. The number of ether oxygens (including phenoxy) is 1. The van der Waals surface area contributed by atoms with Crippen LogP contribution in [0.2, 0.25) is 0 Å². The maximum Gasteiger partial charge on any atom is 0.573 e. The Kier molecular flexibility index (Phi) is 5.95. The number of halogens is 4. The molecule has 3 rings (SSSR count). The Morgan fingerprint density at radius 1 is 1.23 bits per heavy atom. The van der Waals surface area contributed by atoms with Gasteiger partial charge >= 0.3 is 12.0 Å². The molecule has 1 aliphatic rings. The molecule has 0 aliphatic carbocycles. The molecule has 13 heteroatoms. The second kappa shape index (κ2) is 8.05. The van der Waals surface area contributed by atoms with E-state index in [4.69, 9.17) is 0 Å². The lowest BCUT2D eigenvalue weighted by molar-refractivity contribution is -0.388. The van der Waals surface area contributed by atoms with E-state index in [1.807, 2.05) is 0 Å². The Labute approximate surface area is 174 Å². The van der Waals surface area contributed by atoms with Crippen molar-refractivity contribution < 1.29 is 35.6 Å². The van der Waals surface area contributed by atoms with Gasteiger partial charge in [-0.15, -0.1) is 13.2 Å². The molecular weight excluding hydrogens is 446 g/mol. The summed E-state index contributed by atoms with van der Waals surface area (Å²) in [6, 6.07) is 5.97. The number of aryl methyl sites for hydroxylation is 1. The number of nitrogens with zero attached hydrogens (tertiary/aromatic N) is 1. The highest BCUT2D eigenvalue weighted by atomic mass is 32.2. The second-order valence-electron chi connectivity index (χ2n) is 7.01. The van der Waals surface area contributed by atoms with Crippen molar-refractivity contribution in [3.05, 3.63) is 63.5 Å². The van der Waals surface area contributed by atoms with Crippen LogP contribution in [0, 0.1) is 22.9 Å². The van der Waals surface area contributed by atoms with Crippen molar-refractivity contribution in [2.75, 3.05) is 13.1 Å². The van der Waals surface area contributed by atoms with E-state index in [-0.39, 0.29) is 6.54 Å². The molecular formula is C18H17F4N3O5S. The van der Waals surface area contributed by atoms with Crippen molar-refractivity contribution in [2.45, 2.75) is 30.1 Å². The number of rotatable bonds is 6. The average molecular weight is 463 g/mol. The molecule has 2 aromatic rings. The summed E-state index contributed by atoms with van der Waals surface area (Å²) in [5, 5.41) is 14.2. The molecule has 0 amide bonds. The smallest absolute Gasteiger partial charge is 0.398 e. The van der Waals surface area contributed by atoms with Gasteiger partial charge in [-0.25, -0.2) is 12.8 Å². The van der Waals surface area contributed by atoms with Gasteiger partial charge in [0.1, 0.15) is 5.82 Å². The topological polar surface area (TPSA) is 111 Å². The first-order valence-corrected chi connectivity index (χ1v) is 10.4. The first-order valence-electron chi connectivity index (χ1n) is 8.88. The SMILES string of the molecule is Cc1cc(C2(NS(=O)(=O)c3ccc(OC(F)(F)F)c([N+](=O)[O-])c3)CCNC2)ccc1F. The van der Waals surface area contributed by atoms with Gasteiger partial charge in [-0.2, -0.15) is 4.72 Å². The zero-order chi connectivity index (χ0) is 23.0. The molecule has 0 saturated carbocycles. The van der Waals surface area contributed by atoms with Gasteiger partial charge in [0.05, 0.1) is 15.4 Å². The molecule has 1 saturated heterocycles. The maximum absolute atomic E-state index is 13.7. The lowest BCUT2D eigenvalue weighted by Gasteiger charge is -2.30. The van der Waals surface area contributed by atoms with Crippen LogP contribution in [0.1, 0.15) is 17.5 Å². The van der Waals surface area contributed by atoms with Crippen LogP contribution in [0.4, 0.5) is 23.2 Å². The van der Waals surface area contributed by atoms with Crippen LogP contribution < -0.4 is 14.8 Å². The van der Waals surface area contributed by atoms with Gasteiger partial charge in [0, 0.05) is 12.6 Å². The molecule has 2 N–H and O–H groups in total. The number of hydrogen-bond donors (Lipinski definition) is 2. The molecule has 0 radical (unpaired) electrons. The number of sulfonamides is 1. The minimum absolute atomic E-state index is 0.161. The third-order valence-electron chi connectivity index (χ3n) is 4.86. The van der Waals surface area contributed by atoms with Crippen molar-refractivity contribution in [1.82, 2.24) is 10.0 Å². The number of nitro groups is 1. The molecule has 2 aromatic carbocycles. The van der Waals surface area contributed by atoms with Crippen LogP contribution in [-0.4, -0.2) is 32.8 Å². The van der Waals surface area contributed by atoms with Crippen LogP contribution in [0.25, 0.3) is 0 Å². The van der Waals surface area contributed by atoms with E-state index in [2.05, 4.69) is 14.8 Å². The summed E-state index contributed by atoms with van der Waals surface area (Å²) in [4.78, 5) is 9.40. The van der Waals surface area contributed by atoms with Crippen LogP contribution >= 0.6 is 0 Å². The van der Waals surface area contributed by atoms with Gasteiger partial charge < -0.3 is 10.1 Å². The largest absolute Gasteiger partial charge is 0.573 e. The van der Waals surface area contributed by atoms with Crippen LogP contribution in [0.15, 0.2) is 41.3 Å². The molecule has 8 nitrogen and oxygen atoms in total. The zero-order valence-electron chi connectivity index (χ0n) is 16.0. The van der Waals surface area contributed by atoms with Crippen LogP contribution in [0.5, 0.6) is 5.75 Å². The summed E-state index contributed by atoms with van der Waals surface area (Å²) in [7, 11) is -4.41. The fourth-order valence-electron chi connectivity index (χ4n) is 3.36. The quantitative estimate of drug-likeness (QED) is 0.387. The Balaban J connectivity index is 2.01. The summed E-state index contributed by atoms with van der Waals surface area (Å²) >= 11 is 0. The molecule has 1 fully saturated rings. The second-order valence-corrected chi connectivity index (χ2v) is 8.70. The molecule has 1 aliphatic heterocycles. The number of benzene rings is 2. The van der Waals surface area contributed by atoms with Gasteiger partial charge in [-0.05, 0) is 49.2 Å². The number of nitro benzene ring substituents is 1. The monoisotopic (exact) mass is 463 g/mol. The molecule has 0 spiro atoms. The Morgan fingerprint density at radius 2 is 1.94 bits per heavy atom. The van der Waals surface area contributed by atoms with Crippen LogP contribution in [-0.2, 0) is 15.6 Å². The number of hydrogen-bond acceptors (Lipinski definition) is 6. The molecule has 1 heterocycles. The van der Waals surface area contributed by atoms with E-state index < -0.39 is 49.0 Å². The molecule has 0 aromatic heterocycles. The first kappa shape index (κ1) is 22.9. The van der Waals surface area contributed by atoms with Gasteiger partial charge in [0.15, 0.2) is 0 Å². The first-order chi connectivity index (χ1) is 14.3. The maximum atomic E-state index is 13.7. The summed E-state index contributed by atoms with van der Waals surface area (Å²) in [6.07, 6.45) is -4.89. The average Bonchev–Trinajstić information content (AvgIpc) is 3.11. The molecule has 1 unspecified atom stereocenters. The zero-order valence-corrected chi connectivity index (χ0v) is 16.8. The van der Waals surface area contributed by atoms with Crippen molar-refractivity contribution in [3.8, 4) is 5.75 Å². The molecule has 168 valence electrons. The van der Waals surface area contributed by atoms with Gasteiger partial charge in [0.25, 0.3) is 0 Å². The van der Waals surface area contributed by atoms with Gasteiger partial charge in [0.2, 0.25) is 15.8 Å². The standard InChI is InChI=1S/C18H17F4N3O5S/c1-11-8-12(2-4-14(11)19)17(6-7-23-10-17)24-31(28,29)13-3-5-16(30-18(20,21)22)15(9-13)25(26)27/h2-5,8-9,23-24H,6-7,10H2,1H3. The lowest BCUT2D eigenvalue weighted by atomic mass is 9.89. The minimum atomic E-state index is -5.19. The minimum Gasteiger partial charge on any atom is -0.398 e. The van der Waals surface area contributed by atoms with E-state index in [0.717, 1.165) is 6.07 Å². The van der Waals surface area contributed by atoms with Crippen molar-refractivity contribution in [2.24, 2.45) is 0 Å². The highest BCUT2D eigenvalue weighted by Crippen LogP contribution is 2.36. The highest BCUT2D eigenvalue weighted by Gasteiger charge is 2.41. The normalized spacial score (nSPS) is 19.4. The number of nitrogens with one attached hydrogen (secondary N) is 2. The van der Waals surface area contributed by atoms with E-state index in [1.54, 1.807) is 0 Å². The summed E-state index contributed by atoms with van der Waals surface area (Å²) in [5.41, 5.74) is -1.55. The van der Waals surface area contributed by atoms with Gasteiger partial charge in [-0.3, -0.25) is 10.1 Å². The van der Waals surface area contributed by atoms with Crippen molar-refractivity contribution in [3.63, 3.8) is 0 Å². The Morgan fingerprint density at radius 3 is 2.48 bits per heavy atom. The summed E-state index contributed by atoms with van der Waals surface area (Å²) < 4.78 is 83.2. The molecule has 31 heavy (non-hydrogen) atoms. The van der Waals surface area contributed by atoms with E-state index in [9.17, 15) is 36.1 Å².